The Kier molecular flexibility index (Phi) is 4.47. The second-order valence-corrected chi connectivity index (χ2v) is 7.26. The normalized spacial score (nSPS) is 12.3. The molecule has 0 saturated heterocycles. The van der Waals surface area contributed by atoms with Gasteiger partial charge in [-0.25, -0.2) is 4.98 Å². The molecular formula is C21H18N2O2S. The van der Waals surface area contributed by atoms with Crippen molar-refractivity contribution in [2.24, 2.45) is 7.05 Å². The smallest absolute Gasteiger partial charge is 0.257 e. The van der Waals surface area contributed by atoms with Crippen molar-refractivity contribution in [3.05, 3.63) is 81.6 Å². The fourth-order valence-electron chi connectivity index (χ4n) is 3.27. The van der Waals surface area contributed by atoms with Gasteiger partial charge in [0.1, 0.15) is 0 Å². The average molecular weight is 362 g/mol. The van der Waals surface area contributed by atoms with Crippen LogP contribution in [0.25, 0.3) is 11.3 Å². The summed E-state index contributed by atoms with van der Waals surface area (Å²) in [5.74, 6) is 0.285. The maximum absolute atomic E-state index is 12.8. The quantitative estimate of drug-likeness (QED) is 0.405. The van der Waals surface area contributed by atoms with Gasteiger partial charge in [0.2, 0.25) is 0 Å². The van der Waals surface area contributed by atoms with Crippen molar-refractivity contribution >= 4 is 17.5 Å². The Morgan fingerprint density at radius 3 is 2.62 bits per heavy atom. The van der Waals surface area contributed by atoms with Gasteiger partial charge in [-0.1, -0.05) is 66.4 Å². The summed E-state index contributed by atoms with van der Waals surface area (Å²) in [4.78, 5) is 29.9. The van der Waals surface area contributed by atoms with Gasteiger partial charge in [-0.3, -0.25) is 14.2 Å². The minimum Gasteiger partial charge on any atom is -0.293 e. The number of aromatic nitrogens is 2. The van der Waals surface area contributed by atoms with Gasteiger partial charge in [-0.2, -0.15) is 0 Å². The average Bonchev–Trinajstić information content (AvgIpc) is 2.69. The topological polar surface area (TPSA) is 52.0 Å². The molecule has 0 spiro atoms. The van der Waals surface area contributed by atoms with Crippen LogP contribution in [0.4, 0.5) is 0 Å². The van der Waals surface area contributed by atoms with Crippen LogP contribution in [0.5, 0.6) is 0 Å². The standard InChI is InChI=1S/C21H18N2O2S/c1-23-20(25)17-12-11-14-7-5-6-10-16(14)19(17)22-21(23)26-13-18(24)15-8-3-2-4-9-15/h2-10H,11-13H2,1H3. The Bertz CT molecular complexity index is 1040. The van der Waals surface area contributed by atoms with Gasteiger partial charge in [0, 0.05) is 23.7 Å². The van der Waals surface area contributed by atoms with E-state index in [1.807, 2.05) is 36.4 Å². The first-order valence-corrected chi connectivity index (χ1v) is 9.53. The lowest BCUT2D eigenvalue weighted by atomic mass is 9.90. The Morgan fingerprint density at radius 1 is 1.08 bits per heavy atom. The molecule has 0 aliphatic heterocycles. The van der Waals surface area contributed by atoms with Crippen LogP contribution in [-0.4, -0.2) is 21.1 Å². The fraction of sp³-hybridized carbons (Fsp3) is 0.190. The third-order valence-corrected chi connectivity index (χ3v) is 5.72. The van der Waals surface area contributed by atoms with Crippen molar-refractivity contribution in [1.29, 1.82) is 0 Å². The molecular weight excluding hydrogens is 344 g/mol. The number of hydrogen-bond acceptors (Lipinski definition) is 4. The largest absolute Gasteiger partial charge is 0.293 e. The highest BCUT2D eigenvalue weighted by Gasteiger charge is 2.22. The molecule has 0 saturated carbocycles. The van der Waals surface area contributed by atoms with Crippen molar-refractivity contribution in [2.75, 3.05) is 5.75 Å². The van der Waals surface area contributed by atoms with Crippen molar-refractivity contribution in [3.8, 4) is 11.3 Å². The molecule has 0 radical (unpaired) electrons. The zero-order valence-corrected chi connectivity index (χ0v) is 15.3. The lowest BCUT2D eigenvalue weighted by molar-refractivity contribution is 0.102. The minimum absolute atomic E-state index is 0.0147. The number of carbonyl (C=O) groups excluding carboxylic acids is 1. The van der Waals surface area contributed by atoms with Gasteiger partial charge in [0.05, 0.1) is 11.4 Å². The molecule has 3 aromatic rings. The second-order valence-electron chi connectivity index (χ2n) is 6.32. The number of hydrogen-bond donors (Lipinski definition) is 0. The molecule has 0 amide bonds. The zero-order valence-electron chi connectivity index (χ0n) is 14.4. The molecule has 1 heterocycles. The predicted octanol–water partition coefficient (Wildman–Crippen LogP) is 3.52. The highest BCUT2D eigenvalue weighted by molar-refractivity contribution is 7.99. The van der Waals surface area contributed by atoms with E-state index in [0.29, 0.717) is 17.1 Å². The Labute approximate surface area is 155 Å². The van der Waals surface area contributed by atoms with Crippen LogP contribution in [0.2, 0.25) is 0 Å². The Morgan fingerprint density at radius 2 is 1.81 bits per heavy atom. The summed E-state index contributed by atoms with van der Waals surface area (Å²) in [6.45, 7) is 0. The van der Waals surface area contributed by atoms with E-state index < -0.39 is 0 Å². The van der Waals surface area contributed by atoms with Gasteiger partial charge in [-0.05, 0) is 18.4 Å². The molecule has 1 aromatic heterocycles. The lowest BCUT2D eigenvalue weighted by Gasteiger charge is -2.20. The van der Waals surface area contributed by atoms with Gasteiger partial charge < -0.3 is 0 Å². The molecule has 0 unspecified atom stereocenters. The summed E-state index contributed by atoms with van der Waals surface area (Å²) in [6, 6.07) is 17.3. The molecule has 5 heteroatoms. The number of aryl methyl sites for hydroxylation is 1. The van der Waals surface area contributed by atoms with Gasteiger partial charge in [0.15, 0.2) is 10.9 Å². The van der Waals surface area contributed by atoms with E-state index in [0.717, 1.165) is 23.2 Å². The second kappa shape index (κ2) is 6.92. The van der Waals surface area contributed by atoms with Crippen LogP contribution in [-0.2, 0) is 19.9 Å². The third kappa shape index (κ3) is 2.99. The highest BCUT2D eigenvalue weighted by atomic mass is 32.2. The number of nitrogens with zero attached hydrogens (tertiary/aromatic N) is 2. The first kappa shape index (κ1) is 16.8. The highest BCUT2D eigenvalue weighted by Crippen LogP contribution is 2.31. The van der Waals surface area contributed by atoms with Crippen LogP contribution < -0.4 is 5.56 Å². The number of benzene rings is 2. The Balaban J connectivity index is 1.67. The van der Waals surface area contributed by atoms with E-state index in [1.54, 1.807) is 23.7 Å². The van der Waals surface area contributed by atoms with Crippen LogP contribution in [0.3, 0.4) is 0 Å². The number of ketones is 1. The predicted molar refractivity (Wildman–Crippen MR) is 104 cm³/mol. The zero-order chi connectivity index (χ0) is 18.1. The van der Waals surface area contributed by atoms with Crippen molar-refractivity contribution in [3.63, 3.8) is 0 Å². The van der Waals surface area contributed by atoms with E-state index in [1.165, 1.54) is 17.3 Å². The summed E-state index contributed by atoms with van der Waals surface area (Å²) >= 11 is 1.31. The van der Waals surface area contributed by atoms with E-state index >= 15 is 0 Å². The number of carbonyl (C=O) groups is 1. The van der Waals surface area contributed by atoms with Gasteiger partial charge >= 0.3 is 0 Å². The third-order valence-electron chi connectivity index (χ3n) is 4.69. The lowest BCUT2D eigenvalue weighted by Crippen LogP contribution is -2.27. The maximum Gasteiger partial charge on any atom is 0.257 e. The number of Topliss-reactive ketones (excluding diaryl/α,β-unsaturated/α-hetero) is 1. The first-order chi connectivity index (χ1) is 12.6. The van der Waals surface area contributed by atoms with Crippen LogP contribution >= 0.6 is 11.8 Å². The SMILES string of the molecule is Cn1c(SCC(=O)c2ccccc2)nc2c(c1=O)CCc1ccccc1-2. The number of thioether (sulfide) groups is 1. The molecule has 4 nitrogen and oxygen atoms in total. The van der Waals surface area contributed by atoms with E-state index in [2.05, 4.69) is 6.07 Å². The van der Waals surface area contributed by atoms with Crippen LogP contribution in [0.1, 0.15) is 21.5 Å². The molecule has 0 N–H and O–H groups in total. The summed E-state index contributed by atoms with van der Waals surface area (Å²) in [5, 5.41) is 0.578. The minimum atomic E-state index is -0.0147. The monoisotopic (exact) mass is 362 g/mol. The first-order valence-electron chi connectivity index (χ1n) is 8.54. The molecule has 4 rings (SSSR count). The summed E-state index contributed by atoms with van der Waals surface area (Å²) in [5.41, 5.74) is 4.45. The summed E-state index contributed by atoms with van der Waals surface area (Å²) in [7, 11) is 1.73. The molecule has 1 aliphatic rings. The molecule has 0 atom stereocenters. The van der Waals surface area contributed by atoms with Crippen molar-refractivity contribution in [2.45, 2.75) is 18.0 Å². The number of fused-ring (bicyclic) bond motifs is 3. The molecule has 0 bridgehead atoms. The molecule has 130 valence electrons. The van der Waals surface area contributed by atoms with Crippen molar-refractivity contribution < 1.29 is 4.79 Å². The molecule has 0 fully saturated rings. The van der Waals surface area contributed by atoms with Crippen LogP contribution in [0.15, 0.2) is 64.5 Å². The Hall–Kier alpha value is -2.66. The summed E-state index contributed by atoms with van der Waals surface area (Å²) in [6.07, 6.45) is 1.57. The molecule has 2 aromatic carbocycles. The number of rotatable bonds is 4. The molecule has 26 heavy (non-hydrogen) atoms. The van der Waals surface area contributed by atoms with Crippen molar-refractivity contribution in [1.82, 2.24) is 9.55 Å². The van der Waals surface area contributed by atoms with E-state index in [-0.39, 0.29) is 17.1 Å². The van der Waals surface area contributed by atoms with E-state index in [9.17, 15) is 9.59 Å². The summed E-state index contributed by atoms with van der Waals surface area (Å²) < 4.78 is 1.57. The molecule has 1 aliphatic carbocycles. The maximum atomic E-state index is 12.8. The fourth-order valence-corrected chi connectivity index (χ4v) is 4.13. The van der Waals surface area contributed by atoms with Crippen LogP contribution in [0, 0.1) is 0 Å². The van der Waals surface area contributed by atoms with Gasteiger partial charge in [-0.15, -0.1) is 0 Å². The van der Waals surface area contributed by atoms with E-state index in [4.69, 9.17) is 4.98 Å². The van der Waals surface area contributed by atoms with Gasteiger partial charge in [0.25, 0.3) is 5.56 Å².